The fourth-order valence-corrected chi connectivity index (χ4v) is 0.542. The van der Waals surface area contributed by atoms with Crippen molar-refractivity contribution < 1.29 is 4.11 Å². The summed E-state index contributed by atoms with van der Waals surface area (Å²) in [4.78, 5) is 3.59. The summed E-state index contributed by atoms with van der Waals surface area (Å²) < 4.78 is 22.0. The van der Waals surface area contributed by atoms with Crippen molar-refractivity contribution in [2.24, 2.45) is 0 Å². The average Bonchev–Trinajstić information content (AvgIpc) is 2.01. The number of hydrogen-bond acceptors (Lipinski definition) is 2. The summed E-state index contributed by atoms with van der Waals surface area (Å²) in [6, 6.07) is 0.0718. The zero-order valence-corrected chi connectivity index (χ0v) is 5.23. The highest BCUT2D eigenvalue weighted by molar-refractivity contribution is 5.36. The molecule has 0 amide bonds. The molecule has 1 rings (SSSR count). The summed E-state index contributed by atoms with van der Waals surface area (Å²) in [5.74, 6) is 0. The van der Waals surface area contributed by atoms with Gasteiger partial charge in [0.2, 0.25) is 0 Å². The first-order valence-corrected chi connectivity index (χ1v) is 2.80. The minimum absolute atomic E-state index is 0.0123. The van der Waals surface area contributed by atoms with Gasteiger partial charge in [-0.15, -0.1) is 0 Å². The van der Waals surface area contributed by atoms with Crippen LogP contribution in [-0.4, -0.2) is 4.98 Å². The van der Waals surface area contributed by atoms with Crippen molar-refractivity contribution in [3.63, 3.8) is 0 Å². The zero-order chi connectivity index (χ0) is 9.30. The Morgan fingerprint density at radius 3 is 3.22 bits per heavy atom. The number of rotatable bonds is 1. The van der Waals surface area contributed by atoms with Crippen LogP contribution < -0.4 is 5.73 Å². The molecule has 48 valence electrons. The first kappa shape index (κ1) is 3.20. The third kappa shape index (κ3) is 1.42. The Balaban J connectivity index is 3.40. The molecule has 1 aromatic rings. The van der Waals surface area contributed by atoms with E-state index in [-0.39, 0.29) is 24.1 Å². The van der Waals surface area contributed by atoms with Crippen LogP contribution in [0.4, 0.5) is 5.69 Å². The van der Waals surface area contributed by atoms with Crippen LogP contribution in [0, 0.1) is 0 Å². The number of aromatic nitrogens is 1. The maximum absolute atomic E-state index is 7.47. The summed E-state index contributed by atoms with van der Waals surface area (Å²) in [5, 5.41) is 0. The Bertz CT molecular complexity index is 312. The highest BCUT2D eigenvalue weighted by Gasteiger charge is 1.87. The molecular weight excluding hydrogens is 112 g/mol. The lowest BCUT2D eigenvalue weighted by molar-refractivity contribution is 1.11. The van der Waals surface area contributed by atoms with Crippen molar-refractivity contribution in [1.82, 2.24) is 4.98 Å². The second-order valence-electron chi connectivity index (χ2n) is 1.71. The zero-order valence-electron chi connectivity index (χ0n) is 8.23. The van der Waals surface area contributed by atoms with Gasteiger partial charge in [0, 0.05) is 12.3 Å². The first-order valence-electron chi connectivity index (χ1n) is 4.30. The number of nitrogens with two attached hydrogens (primary N) is 1. The van der Waals surface area contributed by atoms with Gasteiger partial charge in [0.25, 0.3) is 0 Å². The topological polar surface area (TPSA) is 38.9 Å². The Kier molecular flexibility index (Phi) is 0.884. The van der Waals surface area contributed by atoms with Crippen LogP contribution in [0.2, 0.25) is 0 Å². The SMILES string of the molecule is [2H]c1nc([2H])c(CC)c([2H])c1N. The van der Waals surface area contributed by atoms with Gasteiger partial charge in [0.05, 0.1) is 9.80 Å². The molecule has 0 bridgehead atoms. The molecule has 2 heteroatoms. The van der Waals surface area contributed by atoms with E-state index in [0.29, 0.717) is 12.0 Å². The quantitative estimate of drug-likeness (QED) is 0.613. The lowest BCUT2D eigenvalue weighted by atomic mass is 10.2. The Morgan fingerprint density at radius 2 is 2.56 bits per heavy atom. The van der Waals surface area contributed by atoms with Crippen molar-refractivity contribution in [1.29, 1.82) is 0 Å². The van der Waals surface area contributed by atoms with Crippen molar-refractivity contribution in [2.75, 3.05) is 5.73 Å². The van der Waals surface area contributed by atoms with Gasteiger partial charge in [0.15, 0.2) is 0 Å². The highest BCUT2D eigenvalue weighted by Crippen LogP contribution is 2.02. The number of nitrogen functional groups attached to an aromatic ring is 1. The molecular formula is C7H10N2. The molecule has 0 fully saturated rings. The van der Waals surface area contributed by atoms with Crippen LogP contribution in [0.5, 0.6) is 0 Å². The predicted molar refractivity (Wildman–Crippen MR) is 38.0 cm³/mol. The van der Waals surface area contributed by atoms with Crippen molar-refractivity contribution in [2.45, 2.75) is 13.3 Å². The van der Waals surface area contributed by atoms with Gasteiger partial charge in [-0.3, -0.25) is 4.98 Å². The molecule has 0 saturated carbocycles. The standard InChI is InChI=1S/C7H10N2/c1-2-6-3-7(8)5-9-4-6/h3-5H,2,8H2,1H3/i3D,4D,5D. The van der Waals surface area contributed by atoms with Crippen LogP contribution in [-0.2, 0) is 6.42 Å². The maximum Gasteiger partial charge on any atom is 0.0862 e. The summed E-state index contributed by atoms with van der Waals surface area (Å²) in [5.41, 5.74) is 5.97. The minimum atomic E-state index is -0.179. The first-order chi connectivity index (χ1) is 5.57. The summed E-state index contributed by atoms with van der Waals surface area (Å²) in [6.45, 7) is 1.83. The van der Waals surface area contributed by atoms with E-state index in [0.717, 1.165) is 0 Å². The van der Waals surface area contributed by atoms with Crippen LogP contribution in [0.15, 0.2) is 18.4 Å². The summed E-state index contributed by atoms with van der Waals surface area (Å²) >= 11 is 0. The molecule has 2 N–H and O–H groups in total. The molecule has 1 aromatic heterocycles. The van der Waals surface area contributed by atoms with E-state index in [4.69, 9.17) is 9.85 Å². The summed E-state index contributed by atoms with van der Waals surface area (Å²) in [7, 11) is 0. The molecule has 0 spiro atoms. The molecule has 0 unspecified atom stereocenters. The molecule has 0 aliphatic carbocycles. The van der Waals surface area contributed by atoms with Crippen molar-refractivity contribution in [3.05, 3.63) is 24.0 Å². The molecule has 0 aliphatic heterocycles. The van der Waals surface area contributed by atoms with Crippen LogP contribution in [0.1, 0.15) is 16.6 Å². The molecule has 1 heterocycles. The van der Waals surface area contributed by atoms with Crippen LogP contribution >= 0.6 is 0 Å². The maximum atomic E-state index is 7.47. The Labute approximate surface area is 58.9 Å². The minimum Gasteiger partial charge on any atom is -0.397 e. The smallest absolute Gasteiger partial charge is 0.0862 e. The molecule has 0 aromatic carbocycles. The van der Waals surface area contributed by atoms with Gasteiger partial charge < -0.3 is 5.73 Å². The normalized spacial score (nSPS) is 14.1. The van der Waals surface area contributed by atoms with E-state index in [2.05, 4.69) is 4.98 Å². The second-order valence-corrected chi connectivity index (χ2v) is 1.71. The van der Waals surface area contributed by atoms with E-state index in [9.17, 15) is 0 Å². The van der Waals surface area contributed by atoms with E-state index in [1.165, 1.54) is 0 Å². The van der Waals surface area contributed by atoms with Gasteiger partial charge in [-0.1, -0.05) is 6.92 Å². The van der Waals surface area contributed by atoms with E-state index < -0.39 is 0 Å². The Hall–Kier alpha value is -1.05. The fraction of sp³-hybridized carbons (Fsp3) is 0.286. The summed E-state index contributed by atoms with van der Waals surface area (Å²) in [6.07, 6.45) is 0.360. The van der Waals surface area contributed by atoms with Gasteiger partial charge in [-0.25, -0.2) is 0 Å². The number of anilines is 1. The third-order valence-electron chi connectivity index (χ3n) is 1.01. The van der Waals surface area contributed by atoms with E-state index in [1.54, 1.807) is 0 Å². The van der Waals surface area contributed by atoms with Gasteiger partial charge >= 0.3 is 0 Å². The van der Waals surface area contributed by atoms with Crippen molar-refractivity contribution in [3.8, 4) is 0 Å². The van der Waals surface area contributed by atoms with Gasteiger partial charge in [-0.05, 0) is 18.0 Å². The highest BCUT2D eigenvalue weighted by atomic mass is 14.7. The Morgan fingerprint density at radius 1 is 1.78 bits per heavy atom. The van der Waals surface area contributed by atoms with Gasteiger partial charge in [-0.2, -0.15) is 0 Å². The monoisotopic (exact) mass is 125 g/mol. The average molecular weight is 125 g/mol. The number of hydrogen-bond donors (Lipinski definition) is 1. The van der Waals surface area contributed by atoms with Crippen LogP contribution in [0.25, 0.3) is 0 Å². The molecule has 9 heavy (non-hydrogen) atoms. The predicted octanol–water partition coefficient (Wildman–Crippen LogP) is 1.23. The largest absolute Gasteiger partial charge is 0.397 e. The fourth-order valence-electron chi connectivity index (χ4n) is 0.542. The van der Waals surface area contributed by atoms with Gasteiger partial charge in [0.1, 0.15) is 0 Å². The second kappa shape index (κ2) is 2.49. The molecule has 0 aliphatic rings. The number of nitrogens with zero attached hydrogens (tertiary/aromatic N) is 1. The number of pyridine rings is 1. The lowest BCUT2D eigenvalue weighted by Gasteiger charge is -1.94. The van der Waals surface area contributed by atoms with Crippen LogP contribution in [0.3, 0.4) is 0 Å². The molecule has 0 saturated heterocycles. The van der Waals surface area contributed by atoms with Crippen molar-refractivity contribution >= 4 is 5.69 Å². The molecule has 0 radical (unpaired) electrons. The van der Waals surface area contributed by atoms with E-state index in [1.807, 2.05) is 6.92 Å². The van der Waals surface area contributed by atoms with E-state index >= 15 is 0 Å². The lowest BCUT2D eigenvalue weighted by Crippen LogP contribution is -1.88. The molecule has 2 nitrogen and oxygen atoms in total. The third-order valence-corrected chi connectivity index (χ3v) is 1.01. The molecule has 0 atom stereocenters.